The van der Waals surface area contributed by atoms with Crippen LogP contribution in [-0.4, -0.2) is 31.2 Å². The van der Waals surface area contributed by atoms with Gasteiger partial charge in [0.1, 0.15) is 6.07 Å². The smallest absolute Gasteiger partial charge is 0.101 e. The molecule has 15 heavy (non-hydrogen) atoms. The van der Waals surface area contributed by atoms with Crippen LogP contribution in [0.2, 0.25) is 0 Å². The number of nitriles is 1. The maximum Gasteiger partial charge on any atom is 0.101 e. The van der Waals surface area contributed by atoms with Crippen molar-refractivity contribution in [3.8, 4) is 6.07 Å². The molecule has 4 heteroatoms. The maximum absolute atomic E-state index is 8.99. The highest BCUT2D eigenvalue weighted by Gasteiger charge is 2.16. The van der Waals surface area contributed by atoms with Gasteiger partial charge in [-0.1, -0.05) is 12.1 Å². The van der Waals surface area contributed by atoms with E-state index >= 15 is 0 Å². The van der Waals surface area contributed by atoms with Gasteiger partial charge in [0.15, 0.2) is 0 Å². The van der Waals surface area contributed by atoms with E-state index in [1.807, 2.05) is 29.3 Å². The molecular weight excluding hydrogens is 188 g/mol. The van der Waals surface area contributed by atoms with Crippen LogP contribution in [-0.2, 0) is 0 Å². The van der Waals surface area contributed by atoms with Crippen LogP contribution in [0.5, 0.6) is 0 Å². The third kappa shape index (κ3) is 2.09. The number of hydrazine groups is 1. The first-order chi connectivity index (χ1) is 7.31. The molecule has 0 aromatic heterocycles. The van der Waals surface area contributed by atoms with Crippen LogP contribution in [0, 0.1) is 11.3 Å². The number of hydrogen-bond donors (Lipinski definition) is 1. The topological polar surface area (TPSA) is 56.3 Å². The molecule has 1 fully saturated rings. The zero-order valence-corrected chi connectivity index (χ0v) is 8.56. The van der Waals surface area contributed by atoms with Crippen LogP contribution >= 0.6 is 0 Å². The van der Waals surface area contributed by atoms with Crippen molar-refractivity contribution in [3.63, 3.8) is 0 Å². The second-order valence-electron chi connectivity index (χ2n) is 3.65. The highest BCUT2D eigenvalue weighted by molar-refractivity contribution is 5.59. The van der Waals surface area contributed by atoms with Crippen molar-refractivity contribution in [2.75, 3.05) is 31.1 Å². The summed E-state index contributed by atoms with van der Waals surface area (Å²) >= 11 is 0. The van der Waals surface area contributed by atoms with Gasteiger partial charge in [-0.05, 0) is 12.1 Å². The third-order valence-corrected chi connectivity index (χ3v) is 2.68. The lowest BCUT2D eigenvalue weighted by molar-refractivity contribution is 0.266. The Morgan fingerprint density at radius 2 is 1.80 bits per heavy atom. The number of hydrogen-bond acceptors (Lipinski definition) is 4. The lowest BCUT2D eigenvalue weighted by Gasteiger charge is -2.34. The van der Waals surface area contributed by atoms with Crippen LogP contribution in [0.4, 0.5) is 5.69 Å². The predicted molar refractivity (Wildman–Crippen MR) is 59.1 cm³/mol. The monoisotopic (exact) mass is 202 g/mol. The second-order valence-corrected chi connectivity index (χ2v) is 3.65. The Morgan fingerprint density at radius 3 is 2.47 bits per heavy atom. The standard InChI is InChI=1S/C11H14N4/c12-9-10-3-1-2-4-11(10)14-5-7-15(13)8-6-14/h1-4H,5-8,13H2. The van der Waals surface area contributed by atoms with Crippen molar-refractivity contribution >= 4 is 5.69 Å². The Hall–Kier alpha value is -1.57. The lowest BCUT2D eigenvalue weighted by Crippen LogP contribution is -2.49. The molecule has 1 aromatic rings. The number of anilines is 1. The van der Waals surface area contributed by atoms with E-state index in [4.69, 9.17) is 11.1 Å². The number of para-hydroxylation sites is 1. The number of nitrogens with two attached hydrogens (primary N) is 1. The first kappa shape index (κ1) is 9.97. The molecule has 1 heterocycles. The Balaban J connectivity index is 2.19. The largest absolute Gasteiger partial charge is 0.368 e. The molecule has 1 aromatic carbocycles. The molecule has 2 rings (SSSR count). The van der Waals surface area contributed by atoms with E-state index in [9.17, 15) is 0 Å². The van der Waals surface area contributed by atoms with Crippen LogP contribution in [0.1, 0.15) is 5.56 Å². The predicted octanol–water partition coefficient (Wildman–Crippen LogP) is 0.554. The summed E-state index contributed by atoms with van der Waals surface area (Å²) in [4.78, 5) is 2.21. The molecule has 0 aliphatic carbocycles. The molecule has 0 unspecified atom stereocenters. The van der Waals surface area contributed by atoms with Gasteiger partial charge < -0.3 is 4.90 Å². The van der Waals surface area contributed by atoms with Crippen LogP contribution in [0.15, 0.2) is 24.3 Å². The number of benzene rings is 1. The van der Waals surface area contributed by atoms with Gasteiger partial charge in [-0.3, -0.25) is 5.84 Å². The summed E-state index contributed by atoms with van der Waals surface area (Å²) < 4.78 is 0. The van der Waals surface area contributed by atoms with Crippen molar-refractivity contribution in [1.29, 1.82) is 5.26 Å². The average molecular weight is 202 g/mol. The Morgan fingerprint density at radius 1 is 1.13 bits per heavy atom. The highest BCUT2D eigenvalue weighted by atomic mass is 15.4. The van der Waals surface area contributed by atoms with Gasteiger partial charge in [0.25, 0.3) is 0 Å². The van der Waals surface area contributed by atoms with E-state index < -0.39 is 0 Å². The lowest BCUT2D eigenvalue weighted by atomic mass is 10.1. The van der Waals surface area contributed by atoms with E-state index in [-0.39, 0.29) is 0 Å². The summed E-state index contributed by atoms with van der Waals surface area (Å²) in [5.74, 6) is 5.69. The molecular formula is C11H14N4. The molecule has 0 amide bonds. The molecule has 1 aliphatic heterocycles. The van der Waals surface area contributed by atoms with Crippen molar-refractivity contribution in [2.24, 2.45) is 5.84 Å². The summed E-state index contributed by atoms with van der Waals surface area (Å²) in [5.41, 5.74) is 1.76. The molecule has 4 nitrogen and oxygen atoms in total. The summed E-state index contributed by atoms with van der Waals surface area (Å²) in [7, 11) is 0. The third-order valence-electron chi connectivity index (χ3n) is 2.68. The minimum atomic E-state index is 0.739. The van der Waals surface area contributed by atoms with Gasteiger partial charge in [-0.25, -0.2) is 5.01 Å². The van der Waals surface area contributed by atoms with Crippen molar-refractivity contribution in [1.82, 2.24) is 5.01 Å². The first-order valence-electron chi connectivity index (χ1n) is 5.05. The van der Waals surface area contributed by atoms with Crippen LogP contribution < -0.4 is 10.7 Å². The number of piperazine rings is 1. The van der Waals surface area contributed by atoms with E-state index in [1.165, 1.54) is 0 Å². The van der Waals surface area contributed by atoms with E-state index in [0.29, 0.717) is 0 Å². The fourth-order valence-electron chi connectivity index (χ4n) is 1.81. The fraction of sp³-hybridized carbons (Fsp3) is 0.364. The van der Waals surface area contributed by atoms with Gasteiger partial charge in [0.2, 0.25) is 0 Å². The SMILES string of the molecule is N#Cc1ccccc1N1CCN(N)CC1. The average Bonchev–Trinajstić information content (AvgIpc) is 2.30. The molecule has 1 saturated heterocycles. The van der Waals surface area contributed by atoms with E-state index in [0.717, 1.165) is 37.4 Å². The van der Waals surface area contributed by atoms with Gasteiger partial charge in [0, 0.05) is 26.2 Å². The first-order valence-corrected chi connectivity index (χ1v) is 5.05. The maximum atomic E-state index is 8.99. The molecule has 0 radical (unpaired) electrons. The molecule has 0 saturated carbocycles. The van der Waals surface area contributed by atoms with Crippen LogP contribution in [0.25, 0.3) is 0 Å². The molecule has 0 bridgehead atoms. The molecule has 1 aliphatic rings. The molecule has 2 N–H and O–H groups in total. The summed E-state index contributed by atoms with van der Waals surface area (Å²) in [6.07, 6.45) is 0. The minimum Gasteiger partial charge on any atom is -0.368 e. The van der Waals surface area contributed by atoms with Gasteiger partial charge in [-0.2, -0.15) is 5.26 Å². The Labute approximate surface area is 89.5 Å². The molecule has 78 valence electrons. The van der Waals surface area contributed by atoms with E-state index in [2.05, 4.69) is 11.0 Å². The summed E-state index contributed by atoms with van der Waals surface area (Å²) in [6.45, 7) is 3.46. The van der Waals surface area contributed by atoms with Crippen LogP contribution in [0.3, 0.4) is 0 Å². The van der Waals surface area contributed by atoms with Gasteiger partial charge in [0.05, 0.1) is 11.3 Å². The van der Waals surface area contributed by atoms with Crippen molar-refractivity contribution in [3.05, 3.63) is 29.8 Å². The summed E-state index contributed by atoms with van der Waals surface area (Å²) in [6, 6.07) is 9.91. The minimum absolute atomic E-state index is 0.739. The Kier molecular flexibility index (Phi) is 2.86. The van der Waals surface area contributed by atoms with Crippen molar-refractivity contribution < 1.29 is 0 Å². The summed E-state index contributed by atoms with van der Waals surface area (Å²) in [5, 5.41) is 10.8. The normalized spacial score (nSPS) is 17.5. The van der Waals surface area contributed by atoms with Gasteiger partial charge >= 0.3 is 0 Å². The zero-order chi connectivity index (χ0) is 10.7. The number of rotatable bonds is 1. The van der Waals surface area contributed by atoms with E-state index in [1.54, 1.807) is 0 Å². The van der Waals surface area contributed by atoms with Gasteiger partial charge in [-0.15, -0.1) is 0 Å². The molecule has 0 spiro atoms. The second kappa shape index (κ2) is 4.30. The zero-order valence-electron chi connectivity index (χ0n) is 8.56. The number of nitrogens with zero attached hydrogens (tertiary/aromatic N) is 3. The fourth-order valence-corrected chi connectivity index (χ4v) is 1.81. The highest BCUT2D eigenvalue weighted by Crippen LogP contribution is 2.20. The Bertz CT molecular complexity index is 374. The van der Waals surface area contributed by atoms with Crippen molar-refractivity contribution in [2.45, 2.75) is 0 Å². The molecule has 0 atom stereocenters. The quantitative estimate of drug-likeness (QED) is 0.676.